The third-order valence-electron chi connectivity index (χ3n) is 6.77. The second kappa shape index (κ2) is 12.7. The highest BCUT2D eigenvalue weighted by Gasteiger charge is 2.44. The van der Waals surface area contributed by atoms with Crippen molar-refractivity contribution in [2.75, 3.05) is 14.2 Å². The third-order valence-corrected chi connectivity index (χ3v) is 6.77. The summed E-state index contributed by atoms with van der Waals surface area (Å²) in [6.45, 7) is 1.39. The Morgan fingerprint density at radius 1 is 0.737 bits per heavy atom. The molecule has 0 spiro atoms. The molecule has 0 heterocycles. The molecule has 0 aliphatic rings. The van der Waals surface area contributed by atoms with Gasteiger partial charge < -0.3 is 19.9 Å². The van der Waals surface area contributed by atoms with Gasteiger partial charge in [-0.25, -0.2) is 4.79 Å². The number of nitrogens with one attached hydrogen (secondary N) is 1. The molecule has 2 atom stereocenters. The largest absolute Gasteiger partial charge is 0.480 e. The second-order valence-electron chi connectivity index (χ2n) is 8.95. The lowest BCUT2D eigenvalue weighted by Crippen LogP contribution is -2.51. The third kappa shape index (κ3) is 5.91. The Hall–Kier alpha value is -4.46. The Morgan fingerprint density at radius 2 is 1.11 bits per heavy atom. The van der Waals surface area contributed by atoms with Crippen LogP contribution in [0.25, 0.3) is 0 Å². The Bertz CT molecular complexity index is 1130. The van der Waals surface area contributed by atoms with Crippen LogP contribution in [0.2, 0.25) is 0 Å². The van der Waals surface area contributed by atoms with E-state index < -0.39 is 47.1 Å². The fourth-order valence-corrected chi connectivity index (χ4v) is 4.83. The van der Waals surface area contributed by atoms with Gasteiger partial charge in [0.05, 0.1) is 19.6 Å². The molecule has 0 radical (unpaired) electrons. The monoisotopic (exact) mass is 517 g/mol. The van der Waals surface area contributed by atoms with Gasteiger partial charge in [-0.15, -0.1) is 0 Å². The molecule has 0 bridgehead atoms. The summed E-state index contributed by atoms with van der Waals surface area (Å²) in [4.78, 5) is 50.6. The van der Waals surface area contributed by atoms with E-state index in [2.05, 4.69) is 5.32 Å². The van der Waals surface area contributed by atoms with Crippen molar-refractivity contribution in [1.82, 2.24) is 5.32 Å². The molecule has 0 saturated heterocycles. The van der Waals surface area contributed by atoms with E-state index >= 15 is 0 Å². The zero-order chi connectivity index (χ0) is 27.7. The van der Waals surface area contributed by atoms with Crippen molar-refractivity contribution in [3.63, 3.8) is 0 Å². The molecule has 198 valence electrons. The summed E-state index contributed by atoms with van der Waals surface area (Å²) in [5, 5.41) is 12.5. The Kier molecular flexibility index (Phi) is 9.38. The summed E-state index contributed by atoms with van der Waals surface area (Å²) in [6.07, 6.45) is -0.136. The Balaban J connectivity index is 2.07. The smallest absolute Gasteiger partial charge is 0.326 e. The topological polar surface area (TPSA) is 119 Å². The molecule has 0 saturated carbocycles. The van der Waals surface area contributed by atoms with Crippen molar-refractivity contribution < 1.29 is 33.8 Å². The van der Waals surface area contributed by atoms with Crippen LogP contribution in [-0.2, 0) is 34.1 Å². The maximum absolute atomic E-state index is 13.7. The molecule has 0 aromatic heterocycles. The van der Waals surface area contributed by atoms with Crippen LogP contribution < -0.4 is 5.32 Å². The number of amides is 1. The van der Waals surface area contributed by atoms with E-state index in [0.29, 0.717) is 0 Å². The van der Waals surface area contributed by atoms with Gasteiger partial charge in [0.1, 0.15) is 6.04 Å². The van der Waals surface area contributed by atoms with Crippen LogP contribution in [0.1, 0.15) is 30.0 Å². The van der Waals surface area contributed by atoms with Crippen molar-refractivity contribution in [2.24, 2.45) is 11.8 Å². The highest BCUT2D eigenvalue weighted by atomic mass is 16.5. The van der Waals surface area contributed by atoms with Gasteiger partial charge in [-0.05, 0) is 16.7 Å². The molecule has 3 aromatic rings. The van der Waals surface area contributed by atoms with E-state index in [-0.39, 0.29) is 6.42 Å². The molecule has 8 heteroatoms. The number of ether oxygens (including phenoxy) is 2. The number of benzene rings is 3. The van der Waals surface area contributed by atoms with Crippen molar-refractivity contribution in [3.8, 4) is 0 Å². The maximum atomic E-state index is 13.7. The van der Waals surface area contributed by atoms with Crippen LogP contribution in [0.5, 0.6) is 0 Å². The zero-order valence-electron chi connectivity index (χ0n) is 21.5. The molecule has 38 heavy (non-hydrogen) atoms. The standard InChI is InChI=1S/C30H31NO7/c1-20(25(28(35)37-2)29(36)38-3)26(27(33)34)31-24(32)19-30(21-13-7-4-8-14-21,22-15-9-5-10-16-22)23-17-11-6-12-18-23/h4-18,20,25-26H,19H2,1-3H3,(H,31,32)(H,33,34)/t20-,26+/m0/s1. The summed E-state index contributed by atoms with van der Waals surface area (Å²) in [5.74, 6) is -6.55. The molecule has 0 fully saturated rings. The number of carboxylic acid groups (broad SMARTS) is 1. The molecular weight excluding hydrogens is 486 g/mol. The van der Waals surface area contributed by atoms with Gasteiger partial charge in [-0.3, -0.25) is 14.4 Å². The van der Waals surface area contributed by atoms with E-state index in [1.807, 2.05) is 91.0 Å². The summed E-state index contributed by atoms with van der Waals surface area (Å²) < 4.78 is 9.40. The highest BCUT2D eigenvalue weighted by molar-refractivity contribution is 5.96. The Morgan fingerprint density at radius 3 is 1.42 bits per heavy atom. The van der Waals surface area contributed by atoms with Crippen molar-refractivity contribution >= 4 is 23.8 Å². The van der Waals surface area contributed by atoms with Crippen LogP contribution in [0, 0.1) is 11.8 Å². The first-order chi connectivity index (χ1) is 18.3. The van der Waals surface area contributed by atoms with Crippen LogP contribution in [0.4, 0.5) is 0 Å². The van der Waals surface area contributed by atoms with Gasteiger partial charge >= 0.3 is 17.9 Å². The molecule has 0 unspecified atom stereocenters. The molecule has 8 nitrogen and oxygen atoms in total. The van der Waals surface area contributed by atoms with Gasteiger partial charge in [-0.2, -0.15) is 0 Å². The van der Waals surface area contributed by atoms with E-state index in [0.717, 1.165) is 30.9 Å². The molecular formula is C30H31NO7. The normalized spacial score (nSPS) is 12.7. The fraction of sp³-hybridized carbons (Fsp3) is 0.267. The first-order valence-corrected chi connectivity index (χ1v) is 12.1. The minimum Gasteiger partial charge on any atom is -0.480 e. The average Bonchev–Trinajstić information content (AvgIpc) is 2.95. The predicted octanol–water partition coefficient (Wildman–Crippen LogP) is 3.58. The van der Waals surface area contributed by atoms with Gasteiger partial charge in [0.25, 0.3) is 0 Å². The second-order valence-corrected chi connectivity index (χ2v) is 8.95. The number of rotatable bonds is 11. The van der Waals surface area contributed by atoms with Gasteiger partial charge in [-0.1, -0.05) is 97.9 Å². The van der Waals surface area contributed by atoms with E-state index in [4.69, 9.17) is 9.47 Å². The number of methoxy groups -OCH3 is 2. The van der Waals surface area contributed by atoms with Crippen molar-refractivity contribution in [3.05, 3.63) is 108 Å². The molecule has 0 aliphatic heterocycles. The molecule has 0 aliphatic carbocycles. The number of carbonyl (C=O) groups is 4. The predicted molar refractivity (Wildman–Crippen MR) is 140 cm³/mol. The molecule has 2 N–H and O–H groups in total. The van der Waals surface area contributed by atoms with Gasteiger partial charge in [0.15, 0.2) is 5.92 Å². The number of aliphatic carboxylic acids is 1. The quantitative estimate of drug-likeness (QED) is 0.227. The van der Waals surface area contributed by atoms with Crippen molar-refractivity contribution in [2.45, 2.75) is 24.8 Å². The average molecular weight is 518 g/mol. The SMILES string of the molecule is COC(=O)C(C(=O)OC)[C@H](C)[C@@H](NC(=O)CC(c1ccccc1)(c1ccccc1)c1ccccc1)C(=O)O. The number of hydrogen-bond donors (Lipinski definition) is 2. The maximum Gasteiger partial charge on any atom is 0.326 e. The van der Waals surface area contributed by atoms with Crippen LogP contribution in [-0.4, -0.2) is 49.2 Å². The van der Waals surface area contributed by atoms with Crippen LogP contribution >= 0.6 is 0 Å². The first kappa shape index (κ1) is 28.1. The lowest BCUT2D eigenvalue weighted by Gasteiger charge is -2.36. The number of carbonyl (C=O) groups excluding carboxylic acids is 3. The van der Waals surface area contributed by atoms with E-state index in [1.165, 1.54) is 6.92 Å². The molecule has 3 aromatic carbocycles. The number of esters is 2. The number of hydrogen-bond acceptors (Lipinski definition) is 6. The summed E-state index contributed by atoms with van der Waals surface area (Å²) in [7, 11) is 2.18. The first-order valence-electron chi connectivity index (χ1n) is 12.1. The Labute approximate surface area is 221 Å². The highest BCUT2D eigenvalue weighted by Crippen LogP contribution is 2.42. The minimum atomic E-state index is -1.56. The van der Waals surface area contributed by atoms with Crippen LogP contribution in [0.3, 0.4) is 0 Å². The number of carboxylic acids is 1. The summed E-state index contributed by atoms with van der Waals surface area (Å²) >= 11 is 0. The van der Waals surface area contributed by atoms with Crippen molar-refractivity contribution in [1.29, 1.82) is 0 Å². The van der Waals surface area contributed by atoms with E-state index in [9.17, 15) is 24.3 Å². The summed E-state index contributed by atoms with van der Waals surface area (Å²) in [6, 6.07) is 26.9. The van der Waals surface area contributed by atoms with E-state index in [1.54, 1.807) is 0 Å². The fourth-order valence-electron chi connectivity index (χ4n) is 4.83. The summed E-state index contributed by atoms with van der Waals surface area (Å²) in [5.41, 5.74) is 1.57. The lowest BCUT2D eigenvalue weighted by molar-refractivity contribution is -0.163. The van der Waals surface area contributed by atoms with Crippen LogP contribution in [0.15, 0.2) is 91.0 Å². The minimum absolute atomic E-state index is 0.136. The van der Waals surface area contributed by atoms with Gasteiger partial charge in [0, 0.05) is 12.3 Å². The lowest BCUT2D eigenvalue weighted by atomic mass is 9.67. The molecule has 3 rings (SSSR count). The zero-order valence-corrected chi connectivity index (χ0v) is 21.5. The van der Waals surface area contributed by atoms with Gasteiger partial charge in [0.2, 0.25) is 5.91 Å². The molecule has 1 amide bonds.